The number of nitrogens with one attached hydrogen (secondary N) is 2. The van der Waals surface area contributed by atoms with Gasteiger partial charge in [0.25, 0.3) is 5.91 Å². The van der Waals surface area contributed by atoms with Crippen LogP contribution in [0.1, 0.15) is 38.6 Å². The second-order valence-corrected chi connectivity index (χ2v) is 8.93. The number of aryl methyl sites for hydroxylation is 1. The normalized spacial score (nSPS) is 10.8. The first-order valence-electron chi connectivity index (χ1n) is 9.68. The maximum absolute atomic E-state index is 13.1. The number of furan rings is 1. The van der Waals surface area contributed by atoms with Crippen LogP contribution in [0, 0.1) is 12.7 Å². The first-order valence-corrected chi connectivity index (χ1v) is 11.4. The number of rotatable bonds is 7. The van der Waals surface area contributed by atoms with Crippen molar-refractivity contribution in [2.75, 3.05) is 5.32 Å². The van der Waals surface area contributed by atoms with E-state index in [9.17, 15) is 14.0 Å². The Kier molecular flexibility index (Phi) is 6.42. The Hall–Kier alpha value is -3.37. The molecule has 3 heterocycles. The fourth-order valence-corrected chi connectivity index (χ4v) is 4.62. The number of hydrogen-bond donors (Lipinski definition) is 2. The van der Waals surface area contributed by atoms with Crippen LogP contribution < -0.4 is 10.6 Å². The number of carbonyl (C=O) groups is 2. The second kappa shape index (κ2) is 9.41. The van der Waals surface area contributed by atoms with Crippen molar-refractivity contribution in [3.63, 3.8) is 0 Å². The van der Waals surface area contributed by atoms with Crippen LogP contribution in [-0.4, -0.2) is 21.8 Å². The SMILES string of the molecule is CC(=O)NCc1ccc(-c2csc(NC(=O)c3sc(Cc4ccc(F)cc4)nc3C)n2)o1. The third kappa shape index (κ3) is 5.27. The lowest BCUT2D eigenvalue weighted by Crippen LogP contribution is -2.18. The van der Waals surface area contributed by atoms with Gasteiger partial charge >= 0.3 is 0 Å². The lowest BCUT2D eigenvalue weighted by Gasteiger charge is -1.99. The second-order valence-electron chi connectivity index (χ2n) is 6.99. The minimum absolute atomic E-state index is 0.138. The largest absolute Gasteiger partial charge is 0.458 e. The summed E-state index contributed by atoms with van der Waals surface area (Å²) in [6.45, 7) is 3.52. The summed E-state index contributed by atoms with van der Waals surface area (Å²) in [7, 11) is 0. The maximum atomic E-state index is 13.1. The molecule has 0 atom stereocenters. The van der Waals surface area contributed by atoms with E-state index in [2.05, 4.69) is 20.6 Å². The molecule has 0 aliphatic carbocycles. The molecule has 1 aromatic carbocycles. The summed E-state index contributed by atoms with van der Waals surface area (Å²) in [5.41, 5.74) is 2.15. The maximum Gasteiger partial charge on any atom is 0.269 e. The quantitative estimate of drug-likeness (QED) is 0.405. The van der Waals surface area contributed by atoms with E-state index in [0.717, 1.165) is 10.6 Å². The molecule has 2 N–H and O–H groups in total. The molecule has 164 valence electrons. The summed E-state index contributed by atoms with van der Waals surface area (Å²) in [6.07, 6.45) is 0.528. The van der Waals surface area contributed by atoms with Crippen molar-refractivity contribution >= 4 is 39.6 Å². The molecule has 0 saturated heterocycles. The Balaban J connectivity index is 1.41. The van der Waals surface area contributed by atoms with Gasteiger partial charge in [-0.3, -0.25) is 14.9 Å². The van der Waals surface area contributed by atoms with Crippen molar-refractivity contribution in [2.45, 2.75) is 26.8 Å². The van der Waals surface area contributed by atoms with Crippen LogP contribution in [0.4, 0.5) is 9.52 Å². The molecule has 3 aromatic heterocycles. The van der Waals surface area contributed by atoms with Gasteiger partial charge in [-0.05, 0) is 36.8 Å². The number of aromatic nitrogens is 2. The summed E-state index contributed by atoms with van der Waals surface area (Å²) in [6, 6.07) is 9.77. The molecule has 2 amide bonds. The average molecular weight is 471 g/mol. The molecule has 7 nitrogen and oxygen atoms in total. The van der Waals surface area contributed by atoms with Crippen LogP contribution in [0.15, 0.2) is 46.2 Å². The predicted octanol–water partition coefficient (Wildman–Crippen LogP) is 4.79. The number of benzene rings is 1. The van der Waals surface area contributed by atoms with E-state index in [0.29, 0.717) is 45.9 Å². The molecule has 32 heavy (non-hydrogen) atoms. The Morgan fingerprint density at radius 2 is 1.91 bits per heavy atom. The molecular formula is C22H19FN4O3S2. The molecular weight excluding hydrogens is 451 g/mol. The minimum atomic E-state index is -0.287. The lowest BCUT2D eigenvalue weighted by atomic mass is 10.1. The topological polar surface area (TPSA) is 97.1 Å². The molecule has 0 aliphatic heterocycles. The van der Waals surface area contributed by atoms with Crippen molar-refractivity contribution in [2.24, 2.45) is 0 Å². The number of anilines is 1. The standard InChI is InChI=1S/C22H19FN4O3S2/c1-12-20(32-19(25-12)9-14-3-5-15(23)6-4-14)21(29)27-22-26-17(11-31-22)18-8-7-16(30-18)10-24-13(2)28/h3-8,11H,9-10H2,1-2H3,(H,24,28)(H,26,27,29). The molecule has 0 bridgehead atoms. The van der Waals surface area contributed by atoms with E-state index in [4.69, 9.17) is 4.42 Å². The van der Waals surface area contributed by atoms with Gasteiger partial charge in [0.15, 0.2) is 10.9 Å². The monoisotopic (exact) mass is 470 g/mol. The molecule has 0 unspecified atom stereocenters. The molecule has 0 spiro atoms. The number of amides is 2. The van der Waals surface area contributed by atoms with E-state index in [1.54, 1.807) is 36.6 Å². The summed E-state index contributed by atoms with van der Waals surface area (Å²) in [5.74, 6) is 0.462. The number of nitrogens with zero attached hydrogens (tertiary/aromatic N) is 2. The molecule has 0 radical (unpaired) electrons. The Morgan fingerprint density at radius 1 is 1.12 bits per heavy atom. The number of halogens is 1. The highest BCUT2D eigenvalue weighted by molar-refractivity contribution is 7.15. The van der Waals surface area contributed by atoms with Gasteiger partial charge in [-0.2, -0.15) is 0 Å². The Labute approximate surface area is 191 Å². The van der Waals surface area contributed by atoms with Crippen molar-refractivity contribution in [1.29, 1.82) is 0 Å². The highest BCUT2D eigenvalue weighted by atomic mass is 32.1. The Morgan fingerprint density at radius 3 is 2.66 bits per heavy atom. The number of hydrogen-bond acceptors (Lipinski definition) is 7. The smallest absolute Gasteiger partial charge is 0.269 e. The number of thiazole rings is 2. The van der Waals surface area contributed by atoms with E-state index < -0.39 is 0 Å². The molecule has 4 rings (SSSR count). The van der Waals surface area contributed by atoms with E-state index in [1.165, 1.54) is 41.7 Å². The van der Waals surface area contributed by atoms with Crippen molar-refractivity contribution in [1.82, 2.24) is 15.3 Å². The van der Waals surface area contributed by atoms with Gasteiger partial charge in [-0.15, -0.1) is 22.7 Å². The predicted molar refractivity (Wildman–Crippen MR) is 121 cm³/mol. The minimum Gasteiger partial charge on any atom is -0.458 e. The Bertz CT molecular complexity index is 1260. The van der Waals surface area contributed by atoms with Crippen LogP contribution in [0.3, 0.4) is 0 Å². The lowest BCUT2D eigenvalue weighted by molar-refractivity contribution is -0.119. The van der Waals surface area contributed by atoms with E-state index in [1.807, 2.05) is 0 Å². The molecule has 0 saturated carbocycles. The summed E-state index contributed by atoms with van der Waals surface area (Å²) < 4.78 is 18.8. The van der Waals surface area contributed by atoms with Crippen LogP contribution >= 0.6 is 22.7 Å². The average Bonchev–Trinajstić information content (AvgIpc) is 3.48. The van der Waals surface area contributed by atoms with Crippen LogP contribution in [0.25, 0.3) is 11.5 Å². The van der Waals surface area contributed by atoms with Gasteiger partial charge in [0.05, 0.1) is 17.2 Å². The third-order valence-electron chi connectivity index (χ3n) is 4.47. The third-order valence-corrected chi connectivity index (χ3v) is 6.38. The van der Waals surface area contributed by atoms with Gasteiger partial charge < -0.3 is 9.73 Å². The molecule has 0 aliphatic rings. The van der Waals surface area contributed by atoms with E-state index >= 15 is 0 Å². The molecule has 4 aromatic rings. The van der Waals surface area contributed by atoms with Crippen LogP contribution in [-0.2, 0) is 17.8 Å². The first-order chi connectivity index (χ1) is 15.4. The van der Waals surface area contributed by atoms with Crippen LogP contribution in [0.5, 0.6) is 0 Å². The zero-order valence-corrected chi connectivity index (χ0v) is 18.9. The molecule has 0 fully saturated rings. The van der Waals surface area contributed by atoms with Gasteiger partial charge in [0.1, 0.15) is 22.1 Å². The molecule has 10 heteroatoms. The van der Waals surface area contributed by atoms with Gasteiger partial charge in [-0.1, -0.05) is 12.1 Å². The summed E-state index contributed by atoms with van der Waals surface area (Å²) in [4.78, 5) is 33.2. The zero-order valence-electron chi connectivity index (χ0n) is 17.3. The van der Waals surface area contributed by atoms with Crippen molar-refractivity contribution < 1.29 is 18.4 Å². The fourth-order valence-electron chi connectivity index (χ4n) is 2.94. The van der Waals surface area contributed by atoms with Gasteiger partial charge in [0.2, 0.25) is 5.91 Å². The first kappa shape index (κ1) is 21.8. The zero-order chi connectivity index (χ0) is 22.7. The highest BCUT2D eigenvalue weighted by Gasteiger charge is 2.18. The van der Waals surface area contributed by atoms with E-state index in [-0.39, 0.29) is 17.6 Å². The summed E-state index contributed by atoms with van der Waals surface area (Å²) >= 11 is 2.59. The van der Waals surface area contributed by atoms with Gasteiger partial charge in [0, 0.05) is 18.7 Å². The van der Waals surface area contributed by atoms with Gasteiger partial charge in [-0.25, -0.2) is 14.4 Å². The highest BCUT2D eigenvalue weighted by Crippen LogP contribution is 2.28. The summed E-state index contributed by atoms with van der Waals surface area (Å²) in [5, 5.41) is 8.49. The number of carbonyl (C=O) groups excluding carboxylic acids is 2. The van der Waals surface area contributed by atoms with Crippen molar-refractivity contribution in [3.8, 4) is 11.5 Å². The fraction of sp³-hybridized carbons (Fsp3) is 0.182. The van der Waals surface area contributed by atoms with Crippen LogP contribution in [0.2, 0.25) is 0 Å². The van der Waals surface area contributed by atoms with Crippen molar-refractivity contribution in [3.05, 3.63) is 74.5 Å².